The van der Waals surface area contributed by atoms with Crippen molar-refractivity contribution in [3.63, 3.8) is 0 Å². The third-order valence-electron chi connectivity index (χ3n) is 15.5. The number of carboxylic acids is 1. The minimum Gasteiger partial charge on any atom is -0.481 e. The molecule has 0 bridgehead atoms. The van der Waals surface area contributed by atoms with Gasteiger partial charge in [-0.25, -0.2) is 4.98 Å². The Labute approximate surface area is 298 Å². The summed E-state index contributed by atoms with van der Waals surface area (Å²) in [5.74, 6) is 0.696. The molecular formula is C41H62N2O5S. The molecule has 1 aromatic rings. The number of ketones is 1. The van der Waals surface area contributed by atoms with Gasteiger partial charge in [0.25, 0.3) is 0 Å². The Morgan fingerprint density at radius 1 is 1.02 bits per heavy atom. The third-order valence-corrected chi connectivity index (χ3v) is 16.3. The molecule has 2 N–H and O–H groups in total. The Hall–Kier alpha value is -2.06. The van der Waals surface area contributed by atoms with Gasteiger partial charge >= 0.3 is 11.9 Å². The van der Waals surface area contributed by atoms with E-state index in [1.165, 1.54) is 12.8 Å². The average Bonchev–Trinajstić information content (AvgIpc) is 3.62. The number of fused-ring (bicyclic) bond motifs is 7. The zero-order valence-corrected chi connectivity index (χ0v) is 32.5. The molecular weight excluding hydrogens is 633 g/mol. The zero-order valence-electron chi connectivity index (χ0n) is 31.7. The Morgan fingerprint density at radius 3 is 2.41 bits per heavy atom. The van der Waals surface area contributed by atoms with Gasteiger partial charge in [-0.05, 0) is 124 Å². The van der Waals surface area contributed by atoms with Crippen molar-refractivity contribution >= 4 is 29.1 Å². The number of thiazole rings is 1. The molecule has 272 valence electrons. The highest BCUT2D eigenvalue weighted by atomic mass is 32.1. The van der Waals surface area contributed by atoms with E-state index in [2.05, 4.69) is 58.8 Å². The maximum Gasteiger partial charge on any atom is 0.309 e. The Bertz CT molecular complexity index is 1500. The number of allylic oxidation sites excluding steroid dienone is 2. The summed E-state index contributed by atoms with van der Waals surface area (Å²) < 4.78 is 6.17. The van der Waals surface area contributed by atoms with Crippen LogP contribution in [0.4, 0.5) is 0 Å². The number of hydrogen-bond donors (Lipinski definition) is 2. The topological polar surface area (TPSA) is 106 Å². The molecule has 5 aliphatic carbocycles. The molecule has 0 saturated heterocycles. The predicted octanol–water partition coefficient (Wildman–Crippen LogP) is 9.02. The maximum atomic E-state index is 13.9. The molecule has 8 atom stereocenters. The third kappa shape index (κ3) is 5.77. The molecule has 1 aromatic heterocycles. The van der Waals surface area contributed by atoms with Crippen LogP contribution in [0, 0.1) is 56.2 Å². The highest BCUT2D eigenvalue weighted by molar-refractivity contribution is 7.09. The highest BCUT2D eigenvalue weighted by Gasteiger charge is 2.70. The van der Waals surface area contributed by atoms with Crippen molar-refractivity contribution in [1.82, 2.24) is 10.3 Å². The summed E-state index contributed by atoms with van der Waals surface area (Å²) in [6.45, 7) is 21.7. The second-order valence-corrected chi connectivity index (χ2v) is 20.0. The van der Waals surface area contributed by atoms with Crippen LogP contribution in [0.3, 0.4) is 0 Å². The number of rotatable bonds is 10. The van der Waals surface area contributed by atoms with Gasteiger partial charge in [0, 0.05) is 35.4 Å². The fourth-order valence-electron chi connectivity index (χ4n) is 12.7. The second kappa shape index (κ2) is 12.6. The summed E-state index contributed by atoms with van der Waals surface area (Å²) in [6, 6.07) is 0. The predicted molar refractivity (Wildman–Crippen MR) is 194 cm³/mol. The minimum absolute atomic E-state index is 0.0276. The average molecular weight is 695 g/mol. The summed E-state index contributed by atoms with van der Waals surface area (Å²) in [5.41, 5.74) is 1.74. The van der Waals surface area contributed by atoms with E-state index in [0.29, 0.717) is 30.0 Å². The van der Waals surface area contributed by atoms with Crippen LogP contribution in [0.1, 0.15) is 138 Å². The molecule has 1 heterocycles. The molecule has 0 radical (unpaired) electrons. The monoisotopic (exact) mass is 694 g/mol. The number of nitrogens with one attached hydrogen (secondary N) is 1. The number of ether oxygens (including phenoxy) is 1. The lowest BCUT2D eigenvalue weighted by atomic mass is 9.33. The molecule has 0 amide bonds. The van der Waals surface area contributed by atoms with Crippen molar-refractivity contribution in [1.29, 1.82) is 0 Å². The number of hydrogen-bond acceptors (Lipinski definition) is 7. The summed E-state index contributed by atoms with van der Waals surface area (Å²) in [6.07, 6.45) is 11.9. The van der Waals surface area contributed by atoms with Crippen molar-refractivity contribution in [2.24, 2.45) is 56.2 Å². The lowest BCUT2D eigenvalue weighted by Crippen LogP contribution is -2.65. The van der Waals surface area contributed by atoms with Crippen LogP contribution in [0.15, 0.2) is 22.7 Å². The highest BCUT2D eigenvalue weighted by Crippen LogP contribution is 2.77. The van der Waals surface area contributed by atoms with E-state index in [4.69, 9.17) is 4.74 Å². The quantitative estimate of drug-likeness (QED) is 0.186. The molecule has 4 fully saturated rings. The molecule has 49 heavy (non-hydrogen) atoms. The Morgan fingerprint density at radius 2 is 1.76 bits per heavy atom. The zero-order chi connectivity index (χ0) is 35.8. The second-order valence-electron chi connectivity index (χ2n) is 19.0. The van der Waals surface area contributed by atoms with Crippen LogP contribution in [-0.2, 0) is 25.7 Å². The molecule has 5 aliphatic rings. The van der Waals surface area contributed by atoms with Crippen LogP contribution in [0.2, 0.25) is 0 Å². The number of aromatic nitrogens is 1. The van der Waals surface area contributed by atoms with Gasteiger partial charge in [-0.2, -0.15) is 0 Å². The molecule has 0 aliphatic heterocycles. The first-order valence-electron chi connectivity index (χ1n) is 19.1. The fraction of sp³-hybridized carbons (Fsp3) is 0.805. The standard InChI is InChI=1S/C41H62N2O5S/c1-25(2)33-27(44)22-41(18-19-42-24-31-43-20-21-49-31)17-16-39(8)26(34(33)41)10-11-29-38(7)14-13-30(48-32(45)23-36(3,4)35(46)47)37(5,6)28(38)12-15-40(29,39)9/h20-21,25-26,28-30,42H,10-19,22-24H2,1-9H3,(H,46,47)/t26-,28?,29?,30+,38+,39-,40-,41-/m1/s1. The van der Waals surface area contributed by atoms with Gasteiger partial charge in [0.2, 0.25) is 0 Å². The largest absolute Gasteiger partial charge is 0.481 e. The van der Waals surface area contributed by atoms with Crippen molar-refractivity contribution < 1.29 is 24.2 Å². The SMILES string of the molecule is CC(C)C1=C2[C@H]3CCC4[C@@]5(C)CC[C@H](OC(=O)CC(C)(C)C(=O)O)C(C)(C)C5CC[C@@]4(C)[C@]3(C)CC[C@@]2(CCNCc2nccs2)CC1=O. The number of esters is 1. The summed E-state index contributed by atoms with van der Waals surface area (Å²) >= 11 is 1.69. The van der Waals surface area contributed by atoms with Crippen LogP contribution < -0.4 is 5.32 Å². The fourth-order valence-corrected chi connectivity index (χ4v) is 13.3. The number of Topliss-reactive ketones (excluding diaryl/α,β-unsaturated/α-hetero) is 1. The normalized spacial score (nSPS) is 38.4. The van der Waals surface area contributed by atoms with E-state index >= 15 is 0 Å². The molecule has 2 unspecified atom stereocenters. The van der Waals surface area contributed by atoms with E-state index in [-0.39, 0.29) is 45.5 Å². The van der Waals surface area contributed by atoms with Gasteiger partial charge in [0.15, 0.2) is 5.78 Å². The minimum atomic E-state index is -1.14. The van der Waals surface area contributed by atoms with Crippen molar-refractivity contribution in [2.75, 3.05) is 6.54 Å². The lowest BCUT2D eigenvalue weighted by Gasteiger charge is -2.72. The smallest absolute Gasteiger partial charge is 0.309 e. The van der Waals surface area contributed by atoms with Gasteiger partial charge in [0.1, 0.15) is 11.1 Å². The van der Waals surface area contributed by atoms with Gasteiger partial charge in [0.05, 0.1) is 11.8 Å². The number of carbonyl (C=O) groups is 3. The van der Waals surface area contributed by atoms with E-state index in [9.17, 15) is 19.5 Å². The Balaban J connectivity index is 1.25. The van der Waals surface area contributed by atoms with E-state index < -0.39 is 17.4 Å². The van der Waals surface area contributed by atoms with E-state index in [1.54, 1.807) is 30.8 Å². The van der Waals surface area contributed by atoms with Gasteiger partial charge in [-0.15, -0.1) is 11.3 Å². The van der Waals surface area contributed by atoms with Crippen LogP contribution >= 0.6 is 11.3 Å². The number of carbonyl (C=O) groups excluding carboxylic acids is 2. The van der Waals surface area contributed by atoms with Crippen molar-refractivity contribution in [3.8, 4) is 0 Å². The van der Waals surface area contributed by atoms with Gasteiger partial charge < -0.3 is 15.2 Å². The first-order chi connectivity index (χ1) is 22.8. The van der Waals surface area contributed by atoms with Gasteiger partial charge in [-0.3, -0.25) is 14.4 Å². The molecule has 0 aromatic carbocycles. The summed E-state index contributed by atoms with van der Waals surface area (Å²) in [7, 11) is 0. The number of aliphatic carboxylic acids is 1. The number of carboxylic acid groups (broad SMARTS) is 1. The molecule has 7 nitrogen and oxygen atoms in total. The summed E-state index contributed by atoms with van der Waals surface area (Å²) in [4.78, 5) is 43.2. The van der Waals surface area contributed by atoms with E-state index in [0.717, 1.165) is 68.6 Å². The first-order valence-corrected chi connectivity index (χ1v) is 20.0. The van der Waals surface area contributed by atoms with Crippen molar-refractivity contribution in [3.05, 3.63) is 27.7 Å². The molecule has 6 rings (SSSR count). The first kappa shape index (κ1) is 36.7. The summed E-state index contributed by atoms with van der Waals surface area (Å²) in [5, 5.41) is 16.4. The van der Waals surface area contributed by atoms with Gasteiger partial charge in [-0.1, -0.05) is 54.0 Å². The Kier molecular flexibility index (Phi) is 9.41. The van der Waals surface area contributed by atoms with Crippen LogP contribution in [0.5, 0.6) is 0 Å². The maximum absolute atomic E-state index is 13.9. The van der Waals surface area contributed by atoms with Crippen LogP contribution in [-0.4, -0.2) is 40.5 Å². The van der Waals surface area contributed by atoms with Crippen LogP contribution in [0.25, 0.3) is 0 Å². The molecule has 4 saturated carbocycles. The molecule has 0 spiro atoms. The lowest BCUT2D eigenvalue weighted by molar-refractivity contribution is -0.233. The molecule has 8 heteroatoms. The van der Waals surface area contributed by atoms with E-state index in [1.807, 2.05) is 11.6 Å². The number of nitrogens with zero attached hydrogens (tertiary/aromatic N) is 1. The van der Waals surface area contributed by atoms with Crippen molar-refractivity contribution in [2.45, 2.75) is 146 Å².